The van der Waals surface area contributed by atoms with E-state index in [4.69, 9.17) is 16.3 Å². The Labute approximate surface area is 203 Å². The molecule has 3 rings (SSSR count). The first-order chi connectivity index (χ1) is 16.0. The highest BCUT2D eigenvalue weighted by molar-refractivity contribution is 6.32. The summed E-state index contributed by atoms with van der Waals surface area (Å²) >= 11 is 6.23. The summed E-state index contributed by atoms with van der Waals surface area (Å²) in [5, 5.41) is 0.175. The Morgan fingerprint density at radius 1 is 1.24 bits per heavy atom. The van der Waals surface area contributed by atoms with E-state index in [0.29, 0.717) is 17.9 Å². The third kappa shape index (κ3) is 5.59. The number of pyridine rings is 1. The molecule has 0 aliphatic carbocycles. The van der Waals surface area contributed by atoms with Crippen LogP contribution in [0.5, 0.6) is 0 Å². The lowest BCUT2D eigenvalue weighted by atomic mass is 9.92. The first kappa shape index (κ1) is 26.5. The van der Waals surface area contributed by atoms with Crippen LogP contribution in [-0.2, 0) is 9.53 Å². The number of hydrogen-bond donors (Lipinski definition) is 0. The van der Waals surface area contributed by atoms with E-state index in [9.17, 15) is 22.8 Å². The van der Waals surface area contributed by atoms with Crippen molar-refractivity contribution in [1.82, 2.24) is 14.8 Å². The summed E-state index contributed by atoms with van der Waals surface area (Å²) < 4.78 is 45.5. The van der Waals surface area contributed by atoms with Crippen LogP contribution < -0.4 is 4.90 Å². The lowest BCUT2D eigenvalue weighted by Gasteiger charge is -2.34. The normalized spacial score (nSPS) is 21.6. The van der Waals surface area contributed by atoms with E-state index < -0.39 is 17.7 Å². The molecule has 2 aliphatic rings. The molecule has 2 fully saturated rings. The lowest BCUT2D eigenvalue weighted by molar-refractivity contribution is -0.258. The summed E-state index contributed by atoms with van der Waals surface area (Å²) in [6, 6.07) is 3.48. The maximum absolute atomic E-state index is 13.5. The van der Waals surface area contributed by atoms with E-state index in [1.54, 1.807) is 26.2 Å². The van der Waals surface area contributed by atoms with E-state index >= 15 is 0 Å². The monoisotopic (exact) mass is 504 g/mol. The molecular formula is C23H32ClF3N4O3. The minimum atomic E-state index is -4.71. The van der Waals surface area contributed by atoms with Gasteiger partial charge in [-0.15, -0.1) is 0 Å². The van der Waals surface area contributed by atoms with E-state index in [0.717, 1.165) is 43.1 Å². The molecule has 0 aromatic carbocycles. The maximum Gasteiger partial charge on any atom is 0.426 e. The number of nitrogens with zero attached hydrogens (tertiary/aromatic N) is 4. The number of rotatable bonds is 7. The van der Waals surface area contributed by atoms with E-state index in [-0.39, 0.29) is 37.1 Å². The van der Waals surface area contributed by atoms with Gasteiger partial charge >= 0.3 is 6.18 Å². The zero-order valence-electron chi connectivity index (χ0n) is 19.8. The van der Waals surface area contributed by atoms with Crippen LogP contribution >= 0.6 is 11.6 Å². The molecule has 34 heavy (non-hydrogen) atoms. The highest BCUT2D eigenvalue weighted by atomic mass is 35.5. The van der Waals surface area contributed by atoms with Crippen molar-refractivity contribution in [1.29, 1.82) is 0 Å². The van der Waals surface area contributed by atoms with Crippen molar-refractivity contribution in [3.8, 4) is 0 Å². The summed E-state index contributed by atoms with van der Waals surface area (Å²) in [5.74, 6) is -0.0551. The molecule has 0 saturated carbocycles. The van der Waals surface area contributed by atoms with Gasteiger partial charge in [-0.2, -0.15) is 13.2 Å². The molecule has 2 amide bonds. The third-order valence-corrected chi connectivity index (χ3v) is 6.97. The molecule has 1 atom stereocenters. The van der Waals surface area contributed by atoms with Crippen LogP contribution in [0.1, 0.15) is 48.9 Å². The van der Waals surface area contributed by atoms with Crippen LogP contribution in [0.2, 0.25) is 5.15 Å². The Bertz CT molecular complexity index is 883. The van der Waals surface area contributed by atoms with Gasteiger partial charge in [-0.05, 0) is 56.6 Å². The van der Waals surface area contributed by atoms with Gasteiger partial charge in [0, 0.05) is 47.4 Å². The number of anilines is 1. The minimum Gasteiger partial charge on any atom is -0.357 e. The number of aromatic nitrogens is 1. The Morgan fingerprint density at radius 2 is 1.91 bits per heavy atom. The first-order valence-electron chi connectivity index (χ1n) is 11.6. The van der Waals surface area contributed by atoms with Gasteiger partial charge in [0.15, 0.2) is 0 Å². The SMILES string of the molecule is CN(C)C(=O)c1ccc(N2CCC(CCCN(C)C(=O)[C@@]3(C(F)(F)F)CCCO3)CC2)nc1Cl. The minimum absolute atomic E-state index is 0.0492. The number of hydrogen-bond acceptors (Lipinski definition) is 5. The van der Waals surface area contributed by atoms with Crippen LogP contribution in [0, 0.1) is 5.92 Å². The number of piperidine rings is 1. The molecule has 7 nitrogen and oxygen atoms in total. The molecule has 11 heteroatoms. The summed E-state index contributed by atoms with van der Waals surface area (Å²) in [5.41, 5.74) is -2.33. The molecule has 1 aromatic rings. The van der Waals surface area contributed by atoms with Crippen LogP contribution in [0.15, 0.2) is 12.1 Å². The van der Waals surface area contributed by atoms with Crippen molar-refractivity contribution < 1.29 is 27.5 Å². The summed E-state index contributed by atoms with van der Waals surface area (Å²) in [7, 11) is 4.73. The Balaban J connectivity index is 1.46. The van der Waals surface area contributed by atoms with Crippen molar-refractivity contribution in [2.45, 2.75) is 50.3 Å². The fourth-order valence-electron chi connectivity index (χ4n) is 4.63. The average molecular weight is 505 g/mol. The molecule has 190 valence electrons. The number of amides is 2. The van der Waals surface area contributed by atoms with Gasteiger partial charge in [0.05, 0.1) is 5.56 Å². The van der Waals surface area contributed by atoms with Crippen LogP contribution in [0.25, 0.3) is 0 Å². The predicted octanol–water partition coefficient (Wildman–Crippen LogP) is 4.00. The van der Waals surface area contributed by atoms with Gasteiger partial charge < -0.3 is 19.4 Å². The zero-order chi connectivity index (χ0) is 25.1. The van der Waals surface area contributed by atoms with Gasteiger partial charge in [0.2, 0.25) is 5.60 Å². The van der Waals surface area contributed by atoms with Gasteiger partial charge in [-0.3, -0.25) is 9.59 Å². The molecule has 2 saturated heterocycles. The maximum atomic E-state index is 13.5. The lowest BCUT2D eigenvalue weighted by Crippen LogP contribution is -2.57. The van der Waals surface area contributed by atoms with Crippen molar-refractivity contribution in [3.05, 3.63) is 22.8 Å². The number of carbonyl (C=O) groups is 2. The van der Waals surface area contributed by atoms with Crippen molar-refractivity contribution in [2.24, 2.45) is 5.92 Å². The molecular weight excluding hydrogens is 473 g/mol. The molecule has 0 N–H and O–H groups in total. The second-order valence-electron chi connectivity index (χ2n) is 9.28. The number of halogens is 4. The van der Waals surface area contributed by atoms with E-state index in [1.165, 1.54) is 11.9 Å². The van der Waals surface area contributed by atoms with Gasteiger partial charge in [-0.25, -0.2) is 4.98 Å². The second kappa shape index (κ2) is 10.7. The largest absolute Gasteiger partial charge is 0.426 e. The second-order valence-corrected chi connectivity index (χ2v) is 9.64. The van der Waals surface area contributed by atoms with Crippen molar-refractivity contribution in [2.75, 3.05) is 52.3 Å². The Kier molecular flexibility index (Phi) is 8.34. The van der Waals surface area contributed by atoms with Gasteiger partial charge in [-0.1, -0.05) is 11.6 Å². The molecule has 0 radical (unpaired) electrons. The smallest absolute Gasteiger partial charge is 0.357 e. The fourth-order valence-corrected chi connectivity index (χ4v) is 4.86. The number of likely N-dealkylation sites (N-methyl/N-ethyl adjacent to an activating group) is 1. The van der Waals surface area contributed by atoms with Crippen LogP contribution in [0.3, 0.4) is 0 Å². The quantitative estimate of drug-likeness (QED) is 0.525. The molecule has 0 bridgehead atoms. The Hall–Kier alpha value is -2.07. The average Bonchev–Trinajstić information content (AvgIpc) is 3.30. The number of alkyl halides is 3. The van der Waals surface area contributed by atoms with E-state index in [1.807, 2.05) is 0 Å². The zero-order valence-corrected chi connectivity index (χ0v) is 20.6. The molecule has 2 aliphatic heterocycles. The van der Waals surface area contributed by atoms with E-state index in [2.05, 4.69) is 9.88 Å². The predicted molar refractivity (Wildman–Crippen MR) is 123 cm³/mol. The molecule has 3 heterocycles. The van der Waals surface area contributed by atoms with Crippen molar-refractivity contribution in [3.63, 3.8) is 0 Å². The van der Waals surface area contributed by atoms with Gasteiger partial charge in [0.1, 0.15) is 11.0 Å². The molecule has 1 aromatic heterocycles. The highest BCUT2D eigenvalue weighted by Crippen LogP contribution is 2.42. The standard InChI is InChI=1S/C23H32ClF3N4O3/c1-29(2)20(32)17-7-8-18(28-19(17)24)31-13-9-16(10-14-31)6-4-12-30(3)21(33)22(23(25,26)27)11-5-15-34-22/h7-8,16H,4-6,9-15H2,1-3H3/t22-/m1/s1. The highest BCUT2D eigenvalue weighted by Gasteiger charge is 2.64. The Morgan fingerprint density at radius 3 is 2.44 bits per heavy atom. The first-order valence-corrected chi connectivity index (χ1v) is 11.9. The van der Waals surface area contributed by atoms with Crippen LogP contribution in [-0.4, -0.2) is 85.8 Å². The molecule has 0 unspecified atom stereocenters. The summed E-state index contributed by atoms with van der Waals surface area (Å²) in [6.45, 7) is 1.76. The van der Waals surface area contributed by atoms with Gasteiger partial charge in [0.25, 0.3) is 11.8 Å². The number of ether oxygens (including phenoxy) is 1. The van der Waals surface area contributed by atoms with Crippen LogP contribution in [0.4, 0.5) is 19.0 Å². The summed E-state index contributed by atoms with van der Waals surface area (Å²) in [4.78, 5) is 33.8. The number of carbonyl (C=O) groups excluding carboxylic acids is 2. The third-order valence-electron chi connectivity index (χ3n) is 6.69. The van der Waals surface area contributed by atoms with Crippen molar-refractivity contribution >= 4 is 29.2 Å². The molecule has 0 spiro atoms. The topological polar surface area (TPSA) is 66.0 Å². The fraction of sp³-hybridized carbons (Fsp3) is 0.696. The summed E-state index contributed by atoms with van der Waals surface area (Å²) in [6.07, 6.45) is -1.53.